The molecule has 0 aliphatic carbocycles. The van der Waals surface area contributed by atoms with E-state index in [2.05, 4.69) is 37.6 Å². The molecule has 0 radical (unpaired) electrons. The third kappa shape index (κ3) is 2.60. The topological polar surface area (TPSA) is 66.5 Å². The van der Waals surface area contributed by atoms with E-state index >= 15 is 0 Å². The van der Waals surface area contributed by atoms with Crippen LogP contribution in [0.15, 0.2) is 55.2 Å². The SMILES string of the molecule is c1ccc(-c2[nH]ncc2CNc2cncnc2)cc1. The lowest BCUT2D eigenvalue weighted by atomic mass is 10.1. The number of hydrogen-bond acceptors (Lipinski definition) is 4. The quantitative estimate of drug-likeness (QED) is 0.747. The van der Waals surface area contributed by atoms with Crippen LogP contribution in [0.25, 0.3) is 11.3 Å². The van der Waals surface area contributed by atoms with Crippen LogP contribution in [0.1, 0.15) is 5.56 Å². The number of H-pyrrole nitrogens is 1. The van der Waals surface area contributed by atoms with Gasteiger partial charge in [-0.05, 0) is 5.56 Å². The van der Waals surface area contributed by atoms with Gasteiger partial charge < -0.3 is 5.32 Å². The van der Waals surface area contributed by atoms with E-state index in [4.69, 9.17) is 0 Å². The van der Waals surface area contributed by atoms with E-state index in [0.29, 0.717) is 6.54 Å². The molecule has 0 saturated carbocycles. The first kappa shape index (κ1) is 11.4. The van der Waals surface area contributed by atoms with Crippen molar-refractivity contribution in [3.05, 3.63) is 60.8 Å². The van der Waals surface area contributed by atoms with Gasteiger partial charge in [0.15, 0.2) is 0 Å². The molecule has 0 amide bonds. The number of hydrogen-bond donors (Lipinski definition) is 2. The molecule has 0 aliphatic rings. The van der Waals surface area contributed by atoms with Crippen LogP contribution < -0.4 is 5.32 Å². The van der Waals surface area contributed by atoms with Crippen molar-refractivity contribution in [2.24, 2.45) is 0 Å². The average Bonchev–Trinajstić information content (AvgIpc) is 2.95. The van der Waals surface area contributed by atoms with Crippen LogP contribution in [-0.4, -0.2) is 20.2 Å². The summed E-state index contributed by atoms with van der Waals surface area (Å²) in [5.74, 6) is 0. The number of rotatable bonds is 4. The molecule has 5 heteroatoms. The Kier molecular flexibility index (Phi) is 3.18. The lowest BCUT2D eigenvalue weighted by Gasteiger charge is -2.06. The second-order valence-electron chi connectivity index (χ2n) is 4.12. The molecule has 0 bridgehead atoms. The van der Waals surface area contributed by atoms with Crippen LogP contribution in [0.3, 0.4) is 0 Å². The van der Waals surface area contributed by atoms with Gasteiger partial charge in [0.1, 0.15) is 6.33 Å². The van der Waals surface area contributed by atoms with E-state index < -0.39 is 0 Å². The van der Waals surface area contributed by atoms with Crippen molar-refractivity contribution >= 4 is 5.69 Å². The van der Waals surface area contributed by atoms with E-state index in [1.54, 1.807) is 12.4 Å². The summed E-state index contributed by atoms with van der Waals surface area (Å²) in [6.45, 7) is 0.675. The fourth-order valence-electron chi connectivity index (χ4n) is 1.89. The van der Waals surface area contributed by atoms with Crippen LogP contribution in [0.2, 0.25) is 0 Å². The smallest absolute Gasteiger partial charge is 0.115 e. The summed E-state index contributed by atoms with van der Waals surface area (Å²) in [4.78, 5) is 7.94. The van der Waals surface area contributed by atoms with Crippen LogP contribution >= 0.6 is 0 Å². The predicted molar refractivity (Wildman–Crippen MR) is 73.4 cm³/mol. The molecular weight excluding hydrogens is 238 g/mol. The summed E-state index contributed by atoms with van der Waals surface area (Å²) in [5.41, 5.74) is 4.16. The molecule has 3 rings (SSSR count). The third-order valence-corrected chi connectivity index (χ3v) is 2.82. The highest BCUT2D eigenvalue weighted by Crippen LogP contribution is 2.21. The number of anilines is 1. The Hall–Kier alpha value is -2.69. The minimum Gasteiger partial charge on any atom is -0.378 e. The van der Waals surface area contributed by atoms with Crippen molar-refractivity contribution in [1.82, 2.24) is 20.2 Å². The molecule has 1 aromatic carbocycles. The molecule has 5 nitrogen and oxygen atoms in total. The molecule has 0 unspecified atom stereocenters. The summed E-state index contributed by atoms with van der Waals surface area (Å²) < 4.78 is 0. The molecular formula is C14H13N5. The van der Waals surface area contributed by atoms with Gasteiger partial charge in [-0.2, -0.15) is 5.10 Å². The molecule has 3 aromatic rings. The number of nitrogens with zero attached hydrogens (tertiary/aromatic N) is 3. The number of benzene rings is 1. The summed E-state index contributed by atoms with van der Waals surface area (Å²) >= 11 is 0. The average molecular weight is 251 g/mol. The summed E-state index contributed by atoms with van der Waals surface area (Å²) in [5, 5.41) is 10.4. The Morgan fingerprint density at radius 1 is 1.00 bits per heavy atom. The van der Waals surface area contributed by atoms with E-state index in [-0.39, 0.29) is 0 Å². The maximum atomic E-state index is 4.11. The van der Waals surface area contributed by atoms with E-state index in [1.807, 2.05) is 24.4 Å². The number of aromatic nitrogens is 4. The van der Waals surface area contributed by atoms with Gasteiger partial charge in [0.05, 0.1) is 30.0 Å². The zero-order valence-electron chi connectivity index (χ0n) is 10.2. The van der Waals surface area contributed by atoms with Crippen molar-refractivity contribution in [3.8, 4) is 11.3 Å². The van der Waals surface area contributed by atoms with Gasteiger partial charge in [-0.3, -0.25) is 5.10 Å². The first-order chi connectivity index (χ1) is 9.43. The highest BCUT2D eigenvalue weighted by atomic mass is 15.1. The Morgan fingerprint density at radius 2 is 1.79 bits per heavy atom. The number of nitrogens with one attached hydrogen (secondary N) is 2. The van der Waals surface area contributed by atoms with Gasteiger partial charge in [-0.15, -0.1) is 0 Å². The van der Waals surface area contributed by atoms with Crippen molar-refractivity contribution in [3.63, 3.8) is 0 Å². The Bertz CT molecular complexity index is 633. The second kappa shape index (κ2) is 5.30. The molecule has 0 aliphatic heterocycles. The summed E-state index contributed by atoms with van der Waals surface area (Å²) in [7, 11) is 0. The minimum atomic E-state index is 0.675. The molecule has 2 N–H and O–H groups in total. The first-order valence-corrected chi connectivity index (χ1v) is 6.00. The van der Waals surface area contributed by atoms with Crippen LogP contribution in [0.5, 0.6) is 0 Å². The van der Waals surface area contributed by atoms with Gasteiger partial charge in [-0.1, -0.05) is 30.3 Å². The Labute approximate surface area is 110 Å². The molecule has 0 fully saturated rings. The van der Waals surface area contributed by atoms with Gasteiger partial charge in [0, 0.05) is 12.1 Å². The fourth-order valence-corrected chi connectivity index (χ4v) is 1.89. The monoisotopic (exact) mass is 251 g/mol. The molecule has 0 saturated heterocycles. The maximum absolute atomic E-state index is 4.11. The maximum Gasteiger partial charge on any atom is 0.115 e. The molecule has 19 heavy (non-hydrogen) atoms. The minimum absolute atomic E-state index is 0.675. The molecule has 2 heterocycles. The summed E-state index contributed by atoms with van der Waals surface area (Å²) in [6.07, 6.45) is 6.84. The van der Waals surface area contributed by atoms with Gasteiger partial charge in [0.2, 0.25) is 0 Å². The highest BCUT2D eigenvalue weighted by molar-refractivity contribution is 5.62. The van der Waals surface area contributed by atoms with Crippen LogP contribution in [0.4, 0.5) is 5.69 Å². The normalized spacial score (nSPS) is 10.3. The largest absolute Gasteiger partial charge is 0.378 e. The first-order valence-electron chi connectivity index (χ1n) is 6.00. The molecule has 94 valence electrons. The zero-order chi connectivity index (χ0) is 12.9. The second-order valence-corrected chi connectivity index (χ2v) is 4.12. The lowest BCUT2D eigenvalue weighted by Crippen LogP contribution is -2.00. The van der Waals surface area contributed by atoms with Crippen LogP contribution in [-0.2, 0) is 6.54 Å². The van der Waals surface area contributed by atoms with Gasteiger partial charge >= 0.3 is 0 Å². The predicted octanol–water partition coefficient (Wildman–Crippen LogP) is 2.48. The van der Waals surface area contributed by atoms with Gasteiger partial charge in [-0.25, -0.2) is 9.97 Å². The van der Waals surface area contributed by atoms with E-state index in [0.717, 1.165) is 22.5 Å². The standard InChI is InChI=1S/C14H13N5/c1-2-4-11(5-3-1)14-12(7-18-19-14)6-17-13-8-15-10-16-9-13/h1-5,7-10,17H,6H2,(H,18,19). The van der Waals surface area contributed by atoms with Crippen molar-refractivity contribution in [2.45, 2.75) is 6.54 Å². The van der Waals surface area contributed by atoms with Crippen molar-refractivity contribution in [1.29, 1.82) is 0 Å². The Balaban J connectivity index is 1.78. The lowest BCUT2D eigenvalue weighted by molar-refractivity contribution is 1.09. The molecule has 2 aromatic heterocycles. The highest BCUT2D eigenvalue weighted by Gasteiger charge is 2.06. The zero-order valence-corrected chi connectivity index (χ0v) is 10.2. The van der Waals surface area contributed by atoms with E-state index in [1.165, 1.54) is 6.33 Å². The number of aromatic amines is 1. The van der Waals surface area contributed by atoms with Crippen LogP contribution in [0, 0.1) is 0 Å². The Morgan fingerprint density at radius 3 is 2.58 bits per heavy atom. The van der Waals surface area contributed by atoms with Gasteiger partial charge in [0.25, 0.3) is 0 Å². The fraction of sp³-hybridized carbons (Fsp3) is 0.0714. The van der Waals surface area contributed by atoms with Crippen molar-refractivity contribution < 1.29 is 0 Å². The summed E-state index contributed by atoms with van der Waals surface area (Å²) in [6, 6.07) is 10.1. The van der Waals surface area contributed by atoms with E-state index in [9.17, 15) is 0 Å². The molecule has 0 atom stereocenters. The van der Waals surface area contributed by atoms with Crippen molar-refractivity contribution in [2.75, 3.05) is 5.32 Å². The third-order valence-electron chi connectivity index (χ3n) is 2.82. The molecule has 0 spiro atoms.